The van der Waals surface area contributed by atoms with Crippen molar-refractivity contribution in [1.29, 1.82) is 0 Å². The Morgan fingerprint density at radius 1 is 0.562 bits per heavy atom. The summed E-state index contributed by atoms with van der Waals surface area (Å²) in [6.07, 6.45) is 42.3. The van der Waals surface area contributed by atoms with Gasteiger partial charge in [0.15, 0.2) is 6.10 Å². The Labute approximate surface area is 292 Å². The van der Waals surface area contributed by atoms with Gasteiger partial charge in [-0.3, -0.25) is 14.1 Å². The van der Waals surface area contributed by atoms with Gasteiger partial charge in [-0.25, -0.2) is 4.57 Å². The first-order valence-corrected chi connectivity index (χ1v) is 20.1. The first-order chi connectivity index (χ1) is 23.3. The first-order valence-electron chi connectivity index (χ1n) is 18.6. The van der Waals surface area contributed by atoms with E-state index >= 15 is 0 Å². The van der Waals surface area contributed by atoms with Crippen LogP contribution in [0.3, 0.4) is 0 Å². The highest BCUT2D eigenvalue weighted by Crippen LogP contribution is 2.35. The van der Waals surface area contributed by atoms with Gasteiger partial charge < -0.3 is 19.3 Å². The van der Waals surface area contributed by atoms with Gasteiger partial charge in [-0.1, -0.05) is 126 Å². The predicted molar refractivity (Wildman–Crippen MR) is 197 cm³/mol. The third kappa shape index (κ3) is 36.6. The smallest absolute Gasteiger partial charge is 0.462 e. The number of carbonyl (C=O) groups excluding carboxylic acids is 2. The third-order valence-corrected chi connectivity index (χ3v) is 8.01. The lowest BCUT2D eigenvalue weighted by Crippen LogP contribution is -2.29. The van der Waals surface area contributed by atoms with Crippen LogP contribution in [0.1, 0.15) is 155 Å². The second-order valence-corrected chi connectivity index (χ2v) is 13.4. The summed E-state index contributed by atoms with van der Waals surface area (Å²) in [5.41, 5.74) is 0. The lowest BCUT2D eigenvalue weighted by atomic mass is 10.1. The van der Waals surface area contributed by atoms with E-state index in [1.54, 1.807) is 0 Å². The number of allylic oxidation sites excluding steroid dienone is 10. The average Bonchev–Trinajstić information content (AvgIpc) is 3.05. The Hall–Kier alpha value is -2.25. The molecule has 0 spiro atoms. The molecular formula is C39H67O8P. The van der Waals surface area contributed by atoms with Crippen molar-refractivity contribution in [2.75, 3.05) is 13.2 Å². The van der Waals surface area contributed by atoms with Crippen molar-refractivity contribution in [1.82, 2.24) is 0 Å². The van der Waals surface area contributed by atoms with Crippen LogP contribution in [0.4, 0.5) is 0 Å². The topological polar surface area (TPSA) is 119 Å². The fraction of sp³-hybridized carbons (Fsp3) is 0.692. The lowest BCUT2D eigenvalue weighted by molar-refractivity contribution is -0.161. The number of phosphoric ester groups is 1. The molecule has 2 N–H and O–H groups in total. The Bertz CT molecular complexity index is 963. The van der Waals surface area contributed by atoms with Gasteiger partial charge in [0.1, 0.15) is 6.61 Å². The molecule has 0 aliphatic carbocycles. The normalized spacial score (nSPS) is 13.2. The maximum absolute atomic E-state index is 12.3. The molecule has 0 aromatic heterocycles. The molecule has 9 heteroatoms. The molecule has 0 radical (unpaired) electrons. The van der Waals surface area contributed by atoms with E-state index in [9.17, 15) is 14.2 Å². The SMILES string of the molecule is CC/C=C/C/C=C/C/C=C/C/C=C/CCCCC(=O)O[C@H](COC(=O)CCCCCCC/C=C/CCCCCCCC)COP(=O)(O)O. The minimum atomic E-state index is -4.76. The van der Waals surface area contributed by atoms with Crippen molar-refractivity contribution in [3.63, 3.8) is 0 Å². The molecule has 8 nitrogen and oxygen atoms in total. The molecule has 0 aromatic carbocycles. The van der Waals surface area contributed by atoms with E-state index in [1.807, 2.05) is 0 Å². The summed E-state index contributed by atoms with van der Waals surface area (Å²) in [4.78, 5) is 42.7. The van der Waals surface area contributed by atoms with E-state index in [1.165, 1.54) is 44.9 Å². The maximum atomic E-state index is 12.3. The third-order valence-electron chi connectivity index (χ3n) is 7.52. The van der Waals surface area contributed by atoms with Gasteiger partial charge in [-0.15, -0.1) is 0 Å². The van der Waals surface area contributed by atoms with Gasteiger partial charge in [-0.05, 0) is 77.0 Å². The van der Waals surface area contributed by atoms with Crippen molar-refractivity contribution in [2.45, 2.75) is 161 Å². The number of rotatable bonds is 33. The molecule has 0 fully saturated rings. The Morgan fingerprint density at radius 2 is 1.00 bits per heavy atom. The second-order valence-electron chi connectivity index (χ2n) is 12.2. The van der Waals surface area contributed by atoms with Crippen LogP contribution in [0, 0.1) is 0 Å². The van der Waals surface area contributed by atoms with Crippen LogP contribution in [0.2, 0.25) is 0 Å². The molecule has 0 saturated heterocycles. The zero-order chi connectivity index (χ0) is 35.4. The van der Waals surface area contributed by atoms with Crippen LogP contribution in [0.5, 0.6) is 0 Å². The minimum Gasteiger partial charge on any atom is -0.462 e. The van der Waals surface area contributed by atoms with Crippen LogP contribution in [-0.2, 0) is 28.2 Å². The van der Waals surface area contributed by atoms with Crippen LogP contribution in [0.15, 0.2) is 60.8 Å². The molecule has 0 aliphatic heterocycles. The van der Waals surface area contributed by atoms with Crippen molar-refractivity contribution in [3.05, 3.63) is 60.8 Å². The molecule has 0 aliphatic rings. The van der Waals surface area contributed by atoms with Gasteiger partial charge in [0.25, 0.3) is 0 Å². The number of ether oxygens (including phenoxy) is 2. The monoisotopic (exact) mass is 694 g/mol. The quantitative estimate of drug-likeness (QED) is 0.0301. The highest BCUT2D eigenvalue weighted by atomic mass is 31.2. The molecule has 0 aromatic rings. The zero-order valence-corrected chi connectivity index (χ0v) is 31.0. The van der Waals surface area contributed by atoms with E-state index < -0.39 is 32.5 Å². The van der Waals surface area contributed by atoms with E-state index in [0.29, 0.717) is 12.8 Å². The zero-order valence-electron chi connectivity index (χ0n) is 30.1. The number of esters is 2. The van der Waals surface area contributed by atoms with Gasteiger partial charge in [0, 0.05) is 12.8 Å². The van der Waals surface area contributed by atoms with Crippen LogP contribution in [-0.4, -0.2) is 41.0 Å². The molecule has 0 amide bonds. The molecular weight excluding hydrogens is 627 g/mol. The van der Waals surface area contributed by atoms with E-state index in [-0.39, 0.29) is 19.4 Å². The highest BCUT2D eigenvalue weighted by Gasteiger charge is 2.22. The summed E-state index contributed by atoms with van der Waals surface area (Å²) < 4.78 is 26.2. The molecule has 0 unspecified atom stereocenters. The molecule has 0 bridgehead atoms. The van der Waals surface area contributed by atoms with Crippen molar-refractivity contribution in [2.24, 2.45) is 0 Å². The number of phosphoric acid groups is 1. The lowest BCUT2D eigenvalue weighted by Gasteiger charge is -2.18. The molecule has 1 atom stereocenters. The molecule has 276 valence electrons. The highest BCUT2D eigenvalue weighted by molar-refractivity contribution is 7.46. The predicted octanol–water partition coefficient (Wildman–Crippen LogP) is 11.0. The van der Waals surface area contributed by atoms with Gasteiger partial charge in [0.2, 0.25) is 0 Å². The number of carbonyl (C=O) groups is 2. The van der Waals surface area contributed by atoms with Gasteiger partial charge >= 0.3 is 19.8 Å². The molecule has 0 heterocycles. The number of unbranched alkanes of at least 4 members (excludes halogenated alkanes) is 13. The van der Waals surface area contributed by atoms with E-state index in [2.05, 4.69) is 79.1 Å². The Morgan fingerprint density at radius 3 is 1.56 bits per heavy atom. The fourth-order valence-corrected chi connectivity index (χ4v) is 5.13. The molecule has 0 saturated carbocycles. The molecule has 48 heavy (non-hydrogen) atoms. The molecule has 0 rings (SSSR count). The Kier molecular flexibility index (Phi) is 33.0. The summed E-state index contributed by atoms with van der Waals surface area (Å²) in [5, 5.41) is 0. The summed E-state index contributed by atoms with van der Waals surface area (Å²) in [7, 11) is -4.76. The summed E-state index contributed by atoms with van der Waals surface area (Å²) in [6.45, 7) is 3.50. The van der Waals surface area contributed by atoms with Crippen LogP contribution < -0.4 is 0 Å². The Balaban J connectivity index is 4.07. The number of hydrogen-bond acceptors (Lipinski definition) is 6. The van der Waals surface area contributed by atoms with Crippen molar-refractivity contribution < 1.29 is 37.9 Å². The maximum Gasteiger partial charge on any atom is 0.469 e. The standard InChI is InChI=1S/C39H67O8P/c1-3-5-7-9-11-13-15-17-19-21-23-25-27-29-31-33-38(40)45-35-37(36-46-48(42,43)44)47-39(41)34-32-30-28-26-24-22-20-18-16-14-12-10-8-6-4-2/h6,8,12,14,17-20,24,26,37H,3-5,7,9-11,13,15-16,21-23,25,27-36H2,1-2H3,(H2,42,43,44)/b8-6+,14-12+,19-17+,20-18+,26-24+/t37-/m1/s1. The van der Waals surface area contributed by atoms with Crippen LogP contribution in [0.25, 0.3) is 0 Å². The summed E-state index contributed by atoms with van der Waals surface area (Å²) >= 11 is 0. The van der Waals surface area contributed by atoms with E-state index in [4.69, 9.17) is 19.3 Å². The minimum absolute atomic E-state index is 0.156. The fourth-order valence-electron chi connectivity index (χ4n) is 4.77. The summed E-state index contributed by atoms with van der Waals surface area (Å²) in [6, 6.07) is 0. The second kappa shape index (κ2) is 34.6. The number of hydrogen-bond donors (Lipinski definition) is 2. The van der Waals surface area contributed by atoms with Crippen LogP contribution >= 0.6 is 7.82 Å². The largest absolute Gasteiger partial charge is 0.469 e. The summed E-state index contributed by atoms with van der Waals surface area (Å²) in [5.74, 6) is -0.949. The first kappa shape index (κ1) is 45.8. The van der Waals surface area contributed by atoms with Crippen molar-refractivity contribution >= 4 is 19.8 Å². The van der Waals surface area contributed by atoms with Crippen molar-refractivity contribution in [3.8, 4) is 0 Å². The van der Waals surface area contributed by atoms with E-state index in [0.717, 1.165) is 70.6 Å². The van der Waals surface area contributed by atoms with Gasteiger partial charge in [0.05, 0.1) is 6.61 Å². The van der Waals surface area contributed by atoms with Gasteiger partial charge in [-0.2, -0.15) is 0 Å². The average molecular weight is 695 g/mol.